The van der Waals surface area contributed by atoms with Gasteiger partial charge in [0.2, 0.25) is 0 Å². The Labute approximate surface area is 50.8 Å². The van der Waals surface area contributed by atoms with Crippen LogP contribution in [0.5, 0.6) is 0 Å². The number of rotatable bonds is 2. The van der Waals surface area contributed by atoms with E-state index in [2.05, 4.69) is 26.5 Å². The molecule has 2 heteroatoms. The van der Waals surface area contributed by atoms with E-state index >= 15 is 0 Å². The summed E-state index contributed by atoms with van der Waals surface area (Å²) in [7, 11) is 0. The quantitative estimate of drug-likeness (QED) is 0.533. The maximum atomic E-state index is 4.06. The van der Waals surface area contributed by atoms with E-state index in [1.165, 1.54) is 6.42 Å². The highest BCUT2D eigenvalue weighted by Crippen LogP contribution is 1.98. The Balaban J connectivity index is 0. The molecule has 0 radical (unpaired) electrons. The van der Waals surface area contributed by atoms with E-state index in [0.717, 1.165) is 11.7 Å². The van der Waals surface area contributed by atoms with Crippen LogP contribution in [0.1, 0.15) is 20.3 Å². The van der Waals surface area contributed by atoms with Gasteiger partial charge in [0.25, 0.3) is 0 Å². The molecular weight excluding hydrogens is 108 g/mol. The third-order valence-electron chi connectivity index (χ3n) is 0.706. The first-order valence-electron chi connectivity index (χ1n) is 2.38. The zero-order valence-corrected chi connectivity index (χ0v) is 5.83. The molecule has 1 nitrogen and oxygen atoms in total. The summed E-state index contributed by atoms with van der Waals surface area (Å²) in [6, 6.07) is 0. The minimum atomic E-state index is 0. The van der Waals surface area contributed by atoms with Gasteiger partial charge >= 0.3 is 0 Å². The summed E-state index contributed by atoms with van der Waals surface area (Å²) >= 11 is 4.06. The van der Waals surface area contributed by atoms with Crippen molar-refractivity contribution in [1.29, 1.82) is 0 Å². The molecule has 0 aromatic rings. The van der Waals surface area contributed by atoms with E-state index in [0.29, 0.717) is 0 Å². The van der Waals surface area contributed by atoms with Crippen LogP contribution in [0.4, 0.5) is 0 Å². The van der Waals surface area contributed by atoms with Crippen LogP contribution in [-0.4, -0.2) is 11.2 Å². The summed E-state index contributed by atoms with van der Waals surface area (Å²) < 4.78 is 0. The fourth-order valence-electron chi connectivity index (χ4n) is 0.258. The van der Waals surface area contributed by atoms with Crippen molar-refractivity contribution in [1.82, 2.24) is 0 Å². The number of thiol groups is 1. The van der Waals surface area contributed by atoms with E-state index in [9.17, 15) is 0 Å². The molecule has 0 atom stereocenters. The first-order valence-corrected chi connectivity index (χ1v) is 3.01. The molecular formula is C5H14OS. The van der Waals surface area contributed by atoms with Gasteiger partial charge in [0.15, 0.2) is 0 Å². The molecule has 0 saturated carbocycles. The van der Waals surface area contributed by atoms with Crippen molar-refractivity contribution < 1.29 is 5.48 Å². The molecule has 0 fully saturated rings. The monoisotopic (exact) mass is 122 g/mol. The lowest BCUT2D eigenvalue weighted by atomic mass is 10.2. The van der Waals surface area contributed by atoms with Crippen LogP contribution in [0, 0.1) is 5.92 Å². The summed E-state index contributed by atoms with van der Waals surface area (Å²) in [6.45, 7) is 4.41. The first-order chi connectivity index (χ1) is 2.77. The number of hydrogen-bond acceptors (Lipinski definition) is 1. The third kappa shape index (κ3) is 10.7. The van der Waals surface area contributed by atoms with Crippen molar-refractivity contribution in [3.63, 3.8) is 0 Å². The van der Waals surface area contributed by atoms with E-state index in [1.54, 1.807) is 0 Å². The molecule has 0 spiro atoms. The van der Waals surface area contributed by atoms with Gasteiger partial charge < -0.3 is 5.48 Å². The second-order valence-electron chi connectivity index (χ2n) is 1.91. The SMILES string of the molecule is CC(C)CCS.O. The van der Waals surface area contributed by atoms with Crippen molar-refractivity contribution in [2.45, 2.75) is 20.3 Å². The Morgan fingerprint density at radius 3 is 1.86 bits per heavy atom. The summed E-state index contributed by atoms with van der Waals surface area (Å²) in [5.41, 5.74) is 0. The molecule has 0 rings (SSSR count). The molecule has 0 aromatic heterocycles. The van der Waals surface area contributed by atoms with Gasteiger partial charge in [0.1, 0.15) is 0 Å². The van der Waals surface area contributed by atoms with Crippen LogP contribution in [0.3, 0.4) is 0 Å². The third-order valence-corrected chi connectivity index (χ3v) is 0.965. The second-order valence-corrected chi connectivity index (χ2v) is 2.35. The summed E-state index contributed by atoms with van der Waals surface area (Å²) in [6.07, 6.45) is 1.24. The summed E-state index contributed by atoms with van der Waals surface area (Å²) in [5.74, 6) is 1.85. The predicted molar refractivity (Wildman–Crippen MR) is 36.9 cm³/mol. The highest BCUT2D eigenvalue weighted by Gasteiger charge is 1.86. The summed E-state index contributed by atoms with van der Waals surface area (Å²) in [5, 5.41) is 0. The molecule has 0 aliphatic rings. The zero-order chi connectivity index (χ0) is 4.99. The summed E-state index contributed by atoms with van der Waals surface area (Å²) in [4.78, 5) is 0. The van der Waals surface area contributed by atoms with Crippen LogP contribution >= 0.6 is 12.6 Å². The molecule has 0 aliphatic heterocycles. The molecule has 0 saturated heterocycles. The van der Waals surface area contributed by atoms with Crippen LogP contribution in [0.2, 0.25) is 0 Å². The van der Waals surface area contributed by atoms with Gasteiger partial charge in [0.05, 0.1) is 0 Å². The highest BCUT2D eigenvalue weighted by atomic mass is 32.1. The molecule has 0 unspecified atom stereocenters. The van der Waals surface area contributed by atoms with Gasteiger partial charge in [0, 0.05) is 0 Å². The van der Waals surface area contributed by atoms with E-state index in [1.807, 2.05) is 0 Å². The molecule has 46 valence electrons. The minimum absolute atomic E-state index is 0. The lowest BCUT2D eigenvalue weighted by Gasteiger charge is -1.95. The maximum absolute atomic E-state index is 4.06. The van der Waals surface area contributed by atoms with Crippen molar-refractivity contribution in [2.24, 2.45) is 5.92 Å². The molecule has 7 heavy (non-hydrogen) atoms. The van der Waals surface area contributed by atoms with Crippen molar-refractivity contribution >= 4 is 12.6 Å². The standard InChI is InChI=1S/C5H12S.H2O/c1-5(2)3-4-6;/h5-6H,3-4H2,1-2H3;1H2. The van der Waals surface area contributed by atoms with Gasteiger partial charge in [-0.15, -0.1) is 0 Å². The fraction of sp³-hybridized carbons (Fsp3) is 1.00. The second kappa shape index (κ2) is 6.31. The molecule has 2 N–H and O–H groups in total. The predicted octanol–water partition coefficient (Wildman–Crippen LogP) is 1.14. The van der Waals surface area contributed by atoms with Crippen LogP contribution in [0.25, 0.3) is 0 Å². The molecule has 0 aliphatic carbocycles. The van der Waals surface area contributed by atoms with Crippen molar-refractivity contribution in [3.05, 3.63) is 0 Å². The maximum Gasteiger partial charge on any atom is -0.00955 e. The lowest BCUT2D eigenvalue weighted by Crippen LogP contribution is -1.85. The van der Waals surface area contributed by atoms with Gasteiger partial charge in [-0.05, 0) is 18.1 Å². The van der Waals surface area contributed by atoms with Crippen molar-refractivity contribution in [3.8, 4) is 0 Å². The lowest BCUT2D eigenvalue weighted by molar-refractivity contribution is 0.633. The Morgan fingerprint density at radius 2 is 1.86 bits per heavy atom. The van der Waals surface area contributed by atoms with E-state index in [4.69, 9.17) is 0 Å². The Hall–Kier alpha value is 0.310. The zero-order valence-electron chi connectivity index (χ0n) is 4.94. The average molecular weight is 122 g/mol. The van der Waals surface area contributed by atoms with Gasteiger partial charge in [-0.2, -0.15) is 12.6 Å². The number of hydrogen-bond donors (Lipinski definition) is 1. The highest BCUT2D eigenvalue weighted by molar-refractivity contribution is 7.80. The van der Waals surface area contributed by atoms with Crippen LogP contribution < -0.4 is 0 Å². The van der Waals surface area contributed by atoms with Crippen LogP contribution in [-0.2, 0) is 0 Å². The Bertz CT molecular complexity index is 29.3. The minimum Gasteiger partial charge on any atom is -0.412 e. The largest absolute Gasteiger partial charge is 0.412 e. The van der Waals surface area contributed by atoms with Gasteiger partial charge in [-0.25, -0.2) is 0 Å². The molecule has 0 bridgehead atoms. The molecule has 0 aromatic carbocycles. The Kier molecular flexibility index (Phi) is 9.31. The van der Waals surface area contributed by atoms with Gasteiger partial charge in [-0.1, -0.05) is 13.8 Å². The molecule has 0 amide bonds. The Morgan fingerprint density at radius 1 is 1.43 bits per heavy atom. The average Bonchev–Trinajstić information content (AvgIpc) is 1.35. The normalized spacial score (nSPS) is 8.57. The van der Waals surface area contributed by atoms with E-state index in [-0.39, 0.29) is 5.48 Å². The smallest absolute Gasteiger partial charge is 0.00955 e. The first kappa shape index (κ1) is 10.3. The van der Waals surface area contributed by atoms with Crippen molar-refractivity contribution in [2.75, 3.05) is 5.75 Å². The van der Waals surface area contributed by atoms with E-state index < -0.39 is 0 Å². The van der Waals surface area contributed by atoms with Crippen LogP contribution in [0.15, 0.2) is 0 Å². The van der Waals surface area contributed by atoms with Gasteiger partial charge in [-0.3, -0.25) is 0 Å². The fourth-order valence-corrected chi connectivity index (χ4v) is 0.775. The topological polar surface area (TPSA) is 31.5 Å². The molecule has 0 heterocycles.